The van der Waals surface area contributed by atoms with Crippen molar-refractivity contribution in [3.05, 3.63) is 18.0 Å². The lowest BCUT2D eigenvalue weighted by Crippen LogP contribution is -2.25. The maximum absolute atomic E-state index is 12.1. The molecule has 0 fully saturated rings. The fraction of sp³-hybridized carbons (Fsp3) is 0.615. The Morgan fingerprint density at radius 1 is 1.48 bits per heavy atom. The van der Waals surface area contributed by atoms with E-state index in [-0.39, 0.29) is 23.2 Å². The third-order valence-corrected chi connectivity index (χ3v) is 4.30. The molecule has 0 amide bonds. The van der Waals surface area contributed by atoms with Crippen LogP contribution in [0.4, 0.5) is 0 Å². The number of ether oxygens (including phenoxy) is 1. The summed E-state index contributed by atoms with van der Waals surface area (Å²) in [6.45, 7) is 6.76. The molecule has 120 valence electrons. The number of nitrogens with one attached hydrogen (secondary N) is 1. The number of carboxylic acids is 1. The lowest BCUT2D eigenvalue weighted by Gasteiger charge is -2.09. The zero-order valence-corrected chi connectivity index (χ0v) is 13.3. The van der Waals surface area contributed by atoms with Crippen LogP contribution in [0.5, 0.6) is 0 Å². The van der Waals surface area contributed by atoms with Gasteiger partial charge in [-0.15, -0.1) is 0 Å². The highest BCUT2D eigenvalue weighted by Crippen LogP contribution is 2.18. The molecule has 0 atom stereocenters. The first-order valence-corrected chi connectivity index (χ1v) is 8.30. The van der Waals surface area contributed by atoms with Gasteiger partial charge in [-0.05, 0) is 33.3 Å². The normalized spacial score (nSPS) is 12.0. The van der Waals surface area contributed by atoms with E-state index >= 15 is 0 Å². The van der Waals surface area contributed by atoms with Crippen LogP contribution >= 0.6 is 0 Å². The quantitative estimate of drug-likeness (QED) is 0.672. The van der Waals surface area contributed by atoms with E-state index in [0.29, 0.717) is 19.6 Å². The van der Waals surface area contributed by atoms with Crippen molar-refractivity contribution in [2.45, 2.75) is 38.1 Å². The molecule has 1 aromatic rings. The van der Waals surface area contributed by atoms with E-state index in [1.807, 2.05) is 6.92 Å². The lowest BCUT2D eigenvalue weighted by molar-refractivity contribution is 0.0683. The molecule has 0 unspecified atom stereocenters. The molecule has 1 heterocycles. The van der Waals surface area contributed by atoms with E-state index in [0.717, 1.165) is 0 Å². The van der Waals surface area contributed by atoms with Crippen LogP contribution in [0.3, 0.4) is 0 Å². The van der Waals surface area contributed by atoms with Gasteiger partial charge in [-0.25, -0.2) is 17.9 Å². The minimum Gasteiger partial charge on any atom is -0.477 e. The van der Waals surface area contributed by atoms with E-state index in [4.69, 9.17) is 9.84 Å². The first-order valence-electron chi connectivity index (χ1n) is 6.82. The molecule has 1 aromatic heterocycles. The molecule has 0 aromatic carbocycles. The molecule has 0 saturated heterocycles. The molecule has 0 aliphatic carbocycles. The minimum absolute atomic E-state index is 0.0370. The van der Waals surface area contributed by atoms with Crippen LogP contribution in [0, 0.1) is 0 Å². The molecule has 1 rings (SSSR count). The summed E-state index contributed by atoms with van der Waals surface area (Å²) in [7, 11) is -3.71. The Morgan fingerprint density at radius 3 is 2.62 bits per heavy atom. The number of sulfonamides is 1. The summed E-state index contributed by atoms with van der Waals surface area (Å²) in [5.74, 6) is -1.15. The maximum atomic E-state index is 12.1. The molecular formula is C13H22N2O5S. The Morgan fingerprint density at radius 2 is 2.14 bits per heavy atom. The first kappa shape index (κ1) is 17.7. The predicted molar refractivity (Wildman–Crippen MR) is 78.1 cm³/mol. The van der Waals surface area contributed by atoms with Gasteiger partial charge < -0.3 is 14.4 Å². The van der Waals surface area contributed by atoms with Crippen LogP contribution in [0.1, 0.15) is 43.7 Å². The number of nitrogens with zero attached hydrogens (tertiary/aromatic N) is 1. The predicted octanol–water partition coefficient (Wildman–Crippen LogP) is 1.47. The Bertz CT molecular complexity index is 577. The van der Waals surface area contributed by atoms with Crippen molar-refractivity contribution in [3.8, 4) is 0 Å². The number of aromatic nitrogens is 1. The number of aromatic carboxylic acids is 1. The molecule has 0 aliphatic rings. The fourth-order valence-electron chi connectivity index (χ4n) is 1.81. The highest BCUT2D eigenvalue weighted by molar-refractivity contribution is 7.89. The summed E-state index contributed by atoms with van der Waals surface area (Å²) in [5.41, 5.74) is -0.0420. The molecule has 7 nitrogen and oxygen atoms in total. The molecular weight excluding hydrogens is 296 g/mol. The monoisotopic (exact) mass is 318 g/mol. The van der Waals surface area contributed by atoms with E-state index in [1.165, 1.54) is 16.8 Å². The number of hydrogen-bond acceptors (Lipinski definition) is 4. The Hall–Kier alpha value is -1.38. The van der Waals surface area contributed by atoms with Crippen LogP contribution in [-0.2, 0) is 14.8 Å². The van der Waals surface area contributed by atoms with Crippen molar-refractivity contribution < 1.29 is 23.1 Å². The number of rotatable bonds is 9. The van der Waals surface area contributed by atoms with Gasteiger partial charge in [0.1, 0.15) is 10.6 Å². The maximum Gasteiger partial charge on any atom is 0.352 e. The van der Waals surface area contributed by atoms with E-state index in [1.54, 1.807) is 13.8 Å². The Balaban J connectivity index is 2.84. The molecule has 0 aliphatic heterocycles. The molecule has 0 radical (unpaired) electrons. The molecule has 0 saturated carbocycles. The Kier molecular flexibility index (Phi) is 6.38. The van der Waals surface area contributed by atoms with Crippen LogP contribution in [-0.4, -0.2) is 43.8 Å². The van der Waals surface area contributed by atoms with Gasteiger partial charge in [0.25, 0.3) is 0 Å². The second kappa shape index (κ2) is 7.58. The second-order valence-corrected chi connectivity index (χ2v) is 6.58. The van der Waals surface area contributed by atoms with Crippen molar-refractivity contribution >= 4 is 16.0 Å². The number of carboxylic acid groups (broad SMARTS) is 1. The second-order valence-electron chi connectivity index (χ2n) is 4.82. The summed E-state index contributed by atoms with van der Waals surface area (Å²) in [4.78, 5) is 11.1. The molecule has 2 N–H and O–H groups in total. The van der Waals surface area contributed by atoms with Crippen LogP contribution in [0.15, 0.2) is 17.2 Å². The summed E-state index contributed by atoms with van der Waals surface area (Å²) in [5, 5.41) is 9.11. The first-order chi connectivity index (χ1) is 9.79. The molecule has 0 spiro atoms. The third-order valence-electron chi connectivity index (χ3n) is 2.87. The minimum atomic E-state index is -3.71. The van der Waals surface area contributed by atoms with Gasteiger partial charge in [0.15, 0.2) is 0 Å². The summed E-state index contributed by atoms with van der Waals surface area (Å²) < 4.78 is 33.2. The van der Waals surface area contributed by atoms with Crippen molar-refractivity contribution in [1.82, 2.24) is 9.29 Å². The van der Waals surface area contributed by atoms with E-state index in [9.17, 15) is 13.2 Å². The van der Waals surface area contributed by atoms with Gasteiger partial charge in [-0.1, -0.05) is 0 Å². The van der Waals surface area contributed by atoms with Gasteiger partial charge in [-0.3, -0.25) is 0 Å². The number of hydrogen-bond donors (Lipinski definition) is 2. The lowest BCUT2D eigenvalue weighted by atomic mass is 10.3. The molecule has 8 heteroatoms. The summed E-state index contributed by atoms with van der Waals surface area (Å²) >= 11 is 0. The Labute approximate surface area is 125 Å². The van der Waals surface area contributed by atoms with E-state index in [2.05, 4.69) is 4.72 Å². The van der Waals surface area contributed by atoms with Crippen molar-refractivity contribution in [2.24, 2.45) is 0 Å². The van der Waals surface area contributed by atoms with Gasteiger partial charge in [-0.2, -0.15) is 0 Å². The fourth-order valence-corrected chi connectivity index (χ4v) is 2.91. The third kappa shape index (κ3) is 4.83. The largest absolute Gasteiger partial charge is 0.477 e. The topological polar surface area (TPSA) is 97.6 Å². The van der Waals surface area contributed by atoms with Crippen LogP contribution < -0.4 is 4.72 Å². The van der Waals surface area contributed by atoms with Gasteiger partial charge in [0.05, 0.1) is 0 Å². The van der Waals surface area contributed by atoms with E-state index < -0.39 is 16.0 Å². The van der Waals surface area contributed by atoms with Crippen LogP contribution in [0.2, 0.25) is 0 Å². The van der Waals surface area contributed by atoms with Crippen molar-refractivity contribution in [3.63, 3.8) is 0 Å². The smallest absolute Gasteiger partial charge is 0.352 e. The zero-order valence-electron chi connectivity index (χ0n) is 12.5. The SMILES string of the molecule is CCOCCCNS(=O)(=O)c1cc(C(=O)O)n(C(C)C)c1. The van der Waals surface area contributed by atoms with Crippen molar-refractivity contribution in [2.75, 3.05) is 19.8 Å². The zero-order chi connectivity index (χ0) is 16.0. The van der Waals surface area contributed by atoms with Gasteiger partial charge in [0, 0.05) is 32.0 Å². The van der Waals surface area contributed by atoms with Crippen LogP contribution in [0.25, 0.3) is 0 Å². The van der Waals surface area contributed by atoms with Gasteiger partial charge in [0.2, 0.25) is 10.0 Å². The average Bonchev–Trinajstić information content (AvgIpc) is 2.84. The summed E-state index contributed by atoms with van der Waals surface area (Å²) in [6.07, 6.45) is 1.91. The summed E-state index contributed by atoms with van der Waals surface area (Å²) in [6, 6.07) is 1.03. The molecule has 0 bridgehead atoms. The highest BCUT2D eigenvalue weighted by Gasteiger charge is 2.22. The van der Waals surface area contributed by atoms with Gasteiger partial charge >= 0.3 is 5.97 Å². The average molecular weight is 318 g/mol. The highest BCUT2D eigenvalue weighted by atomic mass is 32.2. The molecule has 21 heavy (non-hydrogen) atoms. The van der Waals surface area contributed by atoms with Crippen molar-refractivity contribution in [1.29, 1.82) is 0 Å². The number of carbonyl (C=O) groups is 1. The standard InChI is InChI=1S/C13H22N2O5S/c1-4-20-7-5-6-14-21(18,19)11-8-12(13(16)17)15(9-11)10(2)3/h8-10,14H,4-7H2,1-3H3,(H,16,17).